The minimum Gasteiger partial charge on any atom is -0.355 e. The molecule has 0 saturated carbocycles. The fraction of sp³-hybridized carbons (Fsp3) is 0.158. The van der Waals surface area contributed by atoms with Gasteiger partial charge in [0.25, 0.3) is 0 Å². The van der Waals surface area contributed by atoms with Crippen LogP contribution in [-0.4, -0.2) is 38.0 Å². The SMILES string of the molecule is O=C(CSc1ncnc2c1cnn2-c1ccccc1)NCCc1cccs1. The molecule has 8 heteroatoms. The third-order valence-corrected chi connectivity index (χ3v) is 5.89. The van der Waals surface area contributed by atoms with E-state index < -0.39 is 0 Å². The summed E-state index contributed by atoms with van der Waals surface area (Å²) in [6.45, 7) is 0.644. The topological polar surface area (TPSA) is 72.7 Å². The van der Waals surface area contributed by atoms with Crippen LogP contribution in [0.5, 0.6) is 0 Å². The first-order chi connectivity index (χ1) is 13.3. The summed E-state index contributed by atoms with van der Waals surface area (Å²) >= 11 is 3.10. The lowest BCUT2D eigenvalue weighted by Gasteiger charge is -2.05. The molecule has 0 atom stereocenters. The second-order valence-corrected chi connectivity index (χ2v) is 7.77. The first-order valence-corrected chi connectivity index (χ1v) is 10.3. The zero-order valence-corrected chi connectivity index (χ0v) is 16.0. The highest BCUT2D eigenvalue weighted by molar-refractivity contribution is 8.00. The predicted octanol–water partition coefficient (Wildman–Crippen LogP) is 3.33. The molecule has 1 amide bonds. The molecule has 4 aromatic rings. The summed E-state index contributed by atoms with van der Waals surface area (Å²) in [7, 11) is 0. The van der Waals surface area contributed by atoms with Crippen molar-refractivity contribution in [2.45, 2.75) is 11.4 Å². The van der Waals surface area contributed by atoms with E-state index in [1.165, 1.54) is 23.0 Å². The van der Waals surface area contributed by atoms with Gasteiger partial charge in [0.2, 0.25) is 5.91 Å². The van der Waals surface area contributed by atoms with Gasteiger partial charge in [-0.25, -0.2) is 14.6 Å². The minimum atomic E-state index is -0.00114. The number of rotatable bonds is 7. The second kappa shape index (κ2) is 8.32. The van der Waals surface area contributed by atoms with E-state index in [0.717, 1.165) is 28.2 Å². The van der Waals surface area contributed by atoms with Gasteiger partial charge in [-0.15, -0.1) is 11.3 Å². The van der Waals surface area contributed by atoms with E-state index in [1.807, 2.05) is 41.8 Å². The number of nitrogens with zero attached hydrogens (tertiary/aromatic N) is 4. The summed E-state index contributed by atoms with van der Waals surface area (Å²) in [5, 5.41) is 11.0. The number of nitrogens with one attached hydrogen (secondary N) is 1. The monoisotopic (exact) mass is 395 g/mol. The van der Waals surface area contributed by atoms with Crippen LogP contribution in [0.15, 0.2) is 65.4 Å². The lowest BCUT2D eigenvalue weighted by atomic mass is 10.3. The van der Waals surface area contributed by atoms with Crippen molar-refractivity contribution in [2.24, 2.45) is 0 Å². The van der Waals surface area contributed by atoms with Crippen LogP contribution in [0.3, 0.4) is 0 Å². The van der Waals surface area contributed by atoms with Crippen LogP contribution < -0.4 is 5.32 Å². The number of benzene rings is 1. The van der Waals surface area contributed by atoms with Gasteiger partial charge in [-0.05, 0) is 30.0 Å². The Morgan fingerprint density at radius 3 is 2.85 bits per heavy atom. The molecule has 4 rings (SSSR count). The van der Waals surface area contributed by atoms with Crippen molar-refractivity contribution in [3.05, 3.63) is 65.2 Å². The maximum atomic E-state index is 12.1. The fourth-order valence-corrected chi connectivity index (χ4v) is 4.16. The van der Waals surface area contributed by atoms with Crippen molar-refractivity contribution in [3.8, 4) is 5.69 Å². The van der Waals surface area contributed by atoms with Gasteiger partial charge in [0.05, 0.1) is 23.0 Å². The van der Waals surface area contributed by atoms with Crippen LogP contribution in [0.1, 0.15) is 4.88 Å². The largest absolute Gasteiger partial charge is 0.355 e. The van der Waals surface area contributed by atoms with E-state index in [4.69, 9.17) is 0 Å². The van der Waals surface area contributed by atoms with Gasteiger partial charge in [0, 0.05) is 11.4 Å². The van der Waals surface area contributed by atoms with E-state index in [0.29, 0.717) is 12.3 Å². The first kappa shape index (κ1) is 17.7. The van der Waals surface area contributed by atoms with Gasteiger partial charge in [-0.3, -0.25) is 4.79 Å². The molecule has 3 aromatic heterocycles. The molecule has 0 bridgehead atoms. The van der Waals surface area contributed by atoms with Crippen LogP contribution in [0.25, 0.3) is 16.7 Å². The molecule has 0 spiro atoms. The molecular formula is C19H17N5OS2. The highest BCUT2D eigenvalue weighted by Crippen LogP contribution is 2.25. The molecule has 0 fully saturated rings. The first-order valence-electron chi connectivity index (χ1n) is 8.47. The maximum absolute atomic E-state index is 12.1. The lowest BCUT2D eigenvalue weighted by molar-refractivity contribution is -0.118. The molecule has 0 radical (unpaired) electrons. The maximum Gasteiger partial charge on any atom is 0.230 e. The normalized spacial score (nSPS) is 11.0. The average molecular weight is 396 g/mol. The second-order valence-electron chi connectivity index (χ2n) is 5.78. The highest BCUT2D eigenvalue weighted by atomic mass is 32.2. The molecule has 1 N–H and O–H groups in total. The highest BCUT2D eigenvalue weighted by Gasteiger charge is 2.12. The van der Waals surface area contributed by atoms with Crippen molar-refractivity contribution in [1.29, 1.82) is 0 Å². The summed E-state index contributed by atoms with van der Waals surface area (Å²) in [4.78, 5) is 22.1. The molecule has 3 heterocycles. The molecule has 0 aliphatic carbocycles. The van der Waals surface area contributed by atoms with Crippen LogP contribution in [0.4, 0.5) is 0 Å². The van der Waals surface area contributed by atoms with Crippen LogP contribution in [0.2, 0.25) is 0 Å². The molecule has 0 unspecified atom stereocenters. The Hall–Kier alpha value is -2.71. The molecule has 0 saturated heterocycles. The Morgan fingerprint density at radius 1 is 1.15 bits per heavy atom. The standard InChI is InChI=1S/C19H17N5OS2/c25-17(20-9-8-15-7-4-10-26-15)12-27-19-16-11-23-24(18(16)21-13-22-19)14-5-2-1-3-6-14/h1-7,10-11,13H,8-9,12H2,(H,20,25). The molecule has 1 aromatic carbocycles. The molecule has 0 aliphatic rings. The van der Waals surface area contributed by atoms with E-state index in [1.54, 1.807) is 22.2 Å². The summed E-state index contributed by atoms with van der Waals surface area (Å²) in [5.41, 5.74) is 1.67. The molecular weight excluding hydrogens is 378 g/mol. The summed E-state index contributed by atoms with van der Waals surface area (Å²) in [5.74, 6) is 0.311. The number of aromatic nitrogens is 4. The lowest BCUT2D eigenvalue weighted by Crippen LogP contribution is -2.27. The van der Waals surface area contributed by atoms with E-state index in [-0.39, 0.29) is 5.91 Å². The van der Waals surface area contributed by atoms with Crippen molar-refractivity contribution >= 4 is 40.0 Å². The Kier molecular flexibility index (Phi) is 5.45. The number of fused-ring (bicyclic) bond motifs is 1. The number of hydrogen-bond donors (Lipinski definition) is 1. The zero-order chi connectivity index (χ0) is 18.5. The van der Waals surface area contributed by atoms with Gasteiger partial charge >= 0.3 is 0 Å². The Morgan fingerprint density at radius 2 is 2.04 bits per heavy atom. The molecule has 27 heavy (non-hydrogen) atoms. The average Bonchev–Trinajstić information content (AvgIpc) is 3.37. The number of carbonyl (C=O) groups is 1. The number of amides is 1. The van der Waals surface area contributed by atoms with Gasteiger partial charge in [-0.2, -0.15) is 5.10 Å². The van der Waals surface area contributed by atoms with E-state index in [9.17, 15) is 4.79 Å². The zero-order valence-electron chi connectivity index (χ0n) is 14.4. The summed E-state index contributed by atoms with van der Waals surface area (Å²) < 4.78 is 1.78. The van der Waals surface area contributed by atoms with Gasteiger partial charge in [0.1, 0.15) is 11.4 Å². The number of thiophene rings is 1. The van der Waals surface area contributed by atoms with Crippen molar-refractivity contribution < 1.29 is 4.79 Å². The minimum absolute atomic E-state index is 0.00114. The van der Waals surface area contributed by atoms with Crippen LogP contribution in [-0.2, 0) is 11.2 Å². The third-order valence-electron chi connectivity index (χ3n) is 3.94. The predicted molar refractivity (Wildman–Crippen MR) is 108 cm³/mol. The third kappa shape index (κ3) is 4.17. The smallest absolute Gasteiger partial charge is 0.230 e. The Balaban J connectivity index is 1.40. The van der Waals surface area contributed by atoms with Crippen molar-refractivity contribution in [1.82, 2.24) is 25.1 Å². The fourth-order valence-electron chi connectivity index (χ4n) is 2.66. The Bertz CT molecular complexity index is 1030. The van der Waals surface area contributed by atoms with E-state index >= 15 is 0 Å². The van der Waals surface area contributed by atoms with Crippen LogP contribution >= 0.6 is 23.1 Å². The number of thioether (sulfide) groups is 1. The quantitative estimate of drug-likeness (QED) is 0.384. The van der Waals surface area contributed by atoms with Crippen LogP contribution in [0, 0.1) is 0 Å². The molecule has 0 aliphatic heterocycles. The Labute approximate surface area is 164 Å². The summed E-state index contributed by atoms with van der Waals surface area (Å²) in [6.07, 6.45) is 4.12. The number of carbonyl (C=O) groups excluding carboxylic acids is 1. The summed E-state index contributed by atoms with van der Waals surface area (Å²) in [6, 6.07) is 13.9. The number of hydrogen-bond acceptors (Lipinski definition) is 6. The van der Waals surface area contributed by atoms with Crippen molar-refractivity contribution in [2.75, 3.05) is 12.3 Å². The molecule has 136 valence electrons. The van der Waals surface area contributed by atoms with Gasteiger partial charge in [0.15, 0.2) is 5.65 Å². The van der Waals surface area contributed by atoms with Gasteiger partial charge < -0.3 is 5.32 Å². The van der Waals surface area contributed by atoms with E-state index in [2.05, 4.69) is 26.4 Å². The number of para-hydroxylation sites is 1. The molecule has 6 nitrogen and oxygen atoms in total. The van der Waals surface area contributed by atoms with Gasteiger partial charge in [-0.1, -0.05) is 36.0 Å². The van der Waals surface area contributed by atoms with Crippen molar-refractivity contribution in [3.63, 3.8) is 0 Å².